The van der Waals surface area contributed by atoms with Gasteiger partial charge >= 0.3 is 5.97 Å². The van der Waals surface area contributed by atoms with E-state index in [4.69, 9.17) is 9.52 Å². The number of aliphatic carboxylic acids is 1. The summed E-state index contributed by atoms with van der Waals surface area (Å²) in [6.07, 6.45) is 5.15. The van der Waals surface area contributed by atoms with Crippen LogP contribution in [0.25, 0.3) is 0 Å². The van der Waals surface area contributed by atoms with E-state index in [1.165, 1.54) is 4.57 Å². The number of amides is 1. The average molecular weight is 288 g/mol. The fourth-order valence-electron chi connectivity index (χ4n) is 2.36. The molecule has 1 aliphatic carbocycles. The molecule has 0 unspecified atom stereocenters. The van der Waals surface area contributed by atoms with E-state index >= 15 is 0 Å². The number of aromatic nitrogens is 1. The van der Waals surface area contributed by atoms with E-state index in [9.17, 15) is 9.59 Å². The first kappa shape index (κ1) is 13.5. The smallest absolute Gasteiger partial charge is 0.323 e. The van der Waals surface area contributed by atoms with E-state index in [2.05, 4.69) is 0 Å². The molecule has 0 bridgehead atoms. The Morgan fingerprint density at radius 2 is 2.14 bits per heavy atom. The zero-order valence-electron chi connectivity index (χ0n) is 11.4. The van der Waals surface area contributed by atoms with Gasteiger partial charge < -0.3 is 19.0 Å². The van der Waals surface area contributed by atoms with Crippen LogP contribution in [0.1, 0.15) is 29.1 Å². The van der Waals surface area contributed by atoms with Crippen molar-refractivity contribution in [3.05, 3.63) is 48.2 Å². The molecular formula is C15H16N2O4. The second-order valence-corrected chi connectivity index (χ2v) is 5.16. The second-order valence-electron chi connectivity index (χ2n) is 5.16. The summed E-state index contributed by atoms with van der Waals surface area (Å²) in [4.78, 5) is 25.3. The Kier molecular flexibility index (Phi) is 3.51. The Hall–Kier alpha value is -2.50. The van der Waals surface area contributed by atoms with Gasteiger partial charge in [0.25, 0.3) is 5.91 Å². The second kappa shape index (κ2) is 5.47. The molecule has 2 aromatic rings. The molecule has 110 valence electrons. The highest BCUT2D eigenvalue weighted by atomic mass is 16.4. The summed E-state index contributed by atoms with van der Waals surface area (Å²) in [7, 11) is 0. The molecule has 1 saturated carbocycles. The van der Waals surface area contributed by atoms with Crippen LogP contribution in [0, 0.1) is 0 Å². The van der Waals surface area contributed by atoms with Gasteiger partial charge in [-0.25, -0.2) is 0 Å². The SMILES string of the molecule is O=C(O)Cn1cccc1C(=O)N(Cc1ccco1)C1CC1. The molecule has 0 saturated heterocycles. The fraction of sp³-hybridized carbons (Fsp3) is 0.333. The number of nitrogens with zero attached hydrogens (tertiary/aromatic N) is 2. The number of rotatable bonds is 6. The van der Waals surface area contributed by atoms with Crippen LogP contribution in [-0.2, 0) is 17.9 Å². The van der Waals surface area contributed by atoms with Gasteiger partial charge in [-0.05, 0) is 37.1 Å². The first-order valence-corrected chi connectivity index (χ1v) is 6.85. The van der Waals surface area contributed by atoms with E-state index in [1.54, 1.807) is 35.6 Å². The number of carboxylic acids is 1. The average Bonchev–Trinajstić information content (AvgIpc) is 2.97. The first-order chi connectivity index (χ1) is 10.1. The van der Waals surface area contributed by atoms with Crippen LogP contribution < -0.4 is 0 Å². The van der Waals surface area contributed by atoms with E-state index < -0.39 is 5.97 Å². The van der Waals surface area contributed by atoms with Crippen molar-refractivity contribution in [2.24, 2.45) is 0 Å². The maximum Gasteiger partial charge on any atom is 0.323 e. The van der Waals surface area contributed by atoms with Crippen molar-refractivity contribution in [3.8, 4) is 0 Å². The third kappa shape index (κ3) is 2.99. The third-order valence-electron chi connectivity index (χ3n) is 3.51. The van der Waals surface area contributed by atoms with Crippen LogP contribution in [0.15, 0.2) is 41.1 Å². The predicted molar refractivity (Wildman–Crippen MR) is 73.7 cm³/mol. The number of hydrogen-bond acceptors (Lipinski definition) is 3. The van der Waals surface area contributed by atoms with Crippen LogP contribution in [-0.4, -0.2) is 32.5 Å². The highest BCUT2D eigenvalue weighted by Gasteiger charge is 2.34. The van der Waals surface area contributed by atoms with E-state index in [0.29, 0.717) is 12.2 Å². The van der Waals surface area contributed by atoms with Gasteiger partial charge in [0.15, 0.2) is 0 Å². The Bertz CT molecular complexity index is 640. The molecule has 3 rings (SSSR count). The minimum Gasteiger partial charge on any atom is -0.480 e. The van der Waals surface area contributed by atoms with Crippen LogP contribution in [0.3, 0.4) is 0 Å². The monoisotopic (exact) mass is 288 g/mol. The molecule has 6 heteroatoms. The Labute approximate surface area is 121 Å². The summed E-state index contributed by atoms with van der Waals surface area (Å²) < 4.78 is 6.77. The maximum atomic E-state index is 12.7. The molecule has 0 radical (unpaired) electrons. The van der Waals surface area contributed by atoms with Crippen molar-refractivity contribution in [1.82, 2.24) is 9.47 Å². The minimum atomic E-state index is -0.968. The van der Waals surface area contributed by atoms with Crippen molar-refractivity contribution < 1.29 is 19.1 Å². The Balaban J connectivity index is 1.81. The van der Waals surface area contributed by atoms with Crippen molar-refractivity contribution >= 4 is 11.9 Å². The normalized spacial score (nSPS) is 14.1. The van der Waals surface area contributed by atoms with Crippen LogP contribution >= 0.6 is 0 Å². The summed E-state index contributed by atoms with van der Waals surface area (Å²) >= 11 is 0. The van der Waals surface area contributed by atoms with Crippen LogP contribution in [0.2, 0.25) is 0 Å². The van der Waals surface area contributed by atoms with Crippen molar-refractivity contribution in [2.75, 3.05) is 0 Å². The molecule has 0 spiro atoms. The Morgan fingerprint density at radius 3 is 2.76 bits per heavy atom. The molecule has 1 amide bonds. The fourth-order valence-corrected chi connectivity index (χ4v) is 2.36. The van der Waals surface area contributed by atoms with Gasteiger partial charge in [-0.1, -0.05) is 0 Å². The topological polar surface area (TPSA) is 75.7 Å². The van der Waals surface area contributed by atoms with Gasteiger partial charge in [0.2, 0.25) is 0 Å². The van der Waals surface area contributed by atoms with E-state index in [-0.39, 0.29) is 18.5 Å². The summed E-state index contributed by atoms with van der Waals surface area (Å²) in [5.74, 6) is -0.393. The van der Waals surface area contributed by atoms with Crippen LogP contribution in [0.5, 0.6) is 0 Å². The quantitative estimate of drug-likeness (QED) is 0.881. The number of furan rings is 1. The van der Waals surface area contributed by atoms with E-state index in [0.717, 1.165) is 18.6 Å². The number of carbonyl (C=O) groups excluding carboxylic acids is 1. The van der Waals surface area contributed by atoms with Gasteiger partial charge in [0.1, 0.15) is 18.0 Å². The molecule has 1 fully saturated rings. The van der Waals surface area contributed by atoms with Crippen molar-refractivity contribution in [2.45, 2.75) is 32.0 Å². The summed E-state index contributed by atoms with van der Waals surface area (Å²) in [5.41, 5.74) is 0.399. The predicted octanol–water partition coefficient (Wildman–Crippen LogP) is 1.97. The zero-order valence-corrected chi connectivity index (χ0v) is 11.4. The van der Waals surface area contributed by atoms with Gasteiger partial charge in [-0.15, -0.1) is 0 Å². The molecule has 21 heavy (non-hydrogen) atoms. The first-order valence-electron chi connectivity index (χ1n) is 6.85. The summed E-state index contributed by atoms with van der Waals surface area (Å²) in [6.45, 7) is 0.197. The highest BCUT2D eigenvalue weighted by Crippen LogP contribution is 2.30. The zero-order chi connectivity index (χ0) is 14.8. The van der Waals surface area contributed by atoms with Gasteiger partial charge in [-0.2, -0.15) is 0 Å². The minimum absolute atomic E-state index is 0.153. The molecule has 2 aromatic heterocycles. The molecular weight excluding hydrogens is 272 g/mol. The lowest BCUT2D eigenvalue weighted by molar-refractivity contribution is -0.137. The molecule has 6 nitrogen and oxygen atoms in total. The summed E-state index contributed by atoms with van der Waals surface area (Å²) in [6, 6.07) is 7.18. The highest BCUT2D eigenvalue weighted by molar-refractivity contribution is 5.93. The lowest BCUT2D eigenvalue weighted by atomic mass is 10.3. The Morgan fingerprint density at radius 1 is 1.33 bits per heavy atom. The largest absolute Gasteiger partial charge is 0.480 e. The van der Waals surface area contributed by atoms with E-state index in [1.807, 2.05) is 6.07 Å². The molecule has 1 N–H and O–H groups in total. The molecule has 0 aliphatic heterocycles. The molecule has 0 aromatic carbocycles. The number of carbonyl (C=O) groups is 2. The lowest BCUT2D eigenvalue weighted by Crippen LogP contribution is -2.34. The lowest BCUT2D eigenvalue weighted by Gasteiger charge is -2.22. The molecule has 1 aliphatic rings. The standard InChI is InChI=1S/C15H16N2O4/c18-14(19)10-16-7-1-4-13(16)15(20)17(11-5-6-11)9-12-3-2-8-21-12/h1-4,7-8,11H,5-6,9-10H2,(H,18,19). The van der Waals surface area contributed by atoms with Gasteiger partial charge in [-0.3, -0.25) is 9.59 Å². The van der Waals surface area contributed by atoms with Crippen LogP contribution in [0.4, 0.5) is 0 Å². The number of carboxylic acid groups (broad SMARTS) is 1. The van der Waals surface area contributed by atoms with Gasteiger partial charge in [0, 0.05) is 12.2 Å². The van der Waals surface area contributed by atoms with Crippen molar-refractivity contribution in [1.29, 1.82) is 0 Å². The van der Waals surface area contributed by atoms with Crippen molar-refractivity contribution in [3.63, 3.8) is 0 Å². The summed E-state index contributed by atoms with van der Waals surface area (Å²) in [5, 5.41) is 8.90. The van der Waals surface area contributed by atoms with Gasteiger partial charge in [0.05, 0.1) is 12.8 Å². The third-order valence-corrected chi connectivity index (χ3v) is 3.51. The molecule has 0 atom stereocenters. The maximum absolute atomic E-state index is 12.7. The number of hydrogen-bond donors (Lipinski definition) is 1. The molecule has 2 heterocycles.